The van der Waals surface area contributed by atoms with Crippen molar-refractivity contribution in [2.45, 2.75) is 26.3 Å². The molecule has 2 aromatic carbocycles. The zero-order chi connectivity index (χ0) is 17.8. The highest BCUT2D eigenvalue weighted by atomic mass is 79.9. The highest BCUT2D eigenvalue weighted by molar-refractivity contribution is 9.10. The lowest BCUT2D eigenvalue weighted by Crippen LogP contribution is -2.31. The Morgan fingerprint density at radius 2 is 2.00 bits per heavy atom. The first-order valence-electron chi connectivity index (χ1n) is 8.55. The number of nitrogens with zero attached hydrogens (tertiary/aromatic N) is 3. The molecule has 1 aromatic heterocycles. The molecule has 0 spiro atoms. The lowest BCUT2D eigenvalue weighted by molar-refractivity contribution is -0.130. The molecule has 0 saturated carbocycles. The van der Waals surface area contributed by atoms with Gasteiger partial charge in [0, 0.05) is 23.6 Å². The minimum absolute atomic E-state index is 0.104. The second-order valence-electron chi connectivity index (χ2n) is 6.19. The van der Waals surface area contributed by atoms with E-state index in [1.807, 2.05) is 65.0 Å². The largest absolute Gasteiger partial charge is 0.344 e. The molecule has 0 saturated heterocycles. The van der Waals surface area contributed by atoms with E-state index in [0.29, 0.717) is 6.54 Å². The van der Waals surface area contributed by atoms with E-state index in [4.69, 9.17) is 4.98 Å². The molecular weight excluding hydrogens is 378 g/mol. The van der Waals surface area contributed by atoms with Crippen LogP contribution in [-0.2, 0) is 11.3 Å². The molecule has 0 bridgehead atoms. The van der Waals surface area contributed by atoms with Crippen LogP contribution < -0.4 is 0 Å². The van der Waals surface area contributed by atoms with E-state index in [1.165, 1.54) is 0 Å². The number of hydrogen-bond donors (Lipinski definition) is 0. The fourth-order valence-electron chi connectivity index (χ4n) is 2.86. The Morgan fingerprint density at radius 1 is 1.20 bits per heavy atom. The summed E-state index contributed by atoms with van der Waals surface area (Å²) in [6.07, 6.45) is 2.10. The molecule has 0 aliphatic rings. The molecule has 0 radical (unpaired) electrons. The number of rotatable bonds is 6. The van der Waals surface area contributed by atoms with Crippen LogP contribution in [0.5, 0.6) is 0 Å². The molecule has 0 aliphatic heterocycles. The zero-order valence-corrected chi connectivity index (χ0v) is 16.2. The van der Waals surface area contributed by atoms with E-state index in [0.717, 1.165) is 46.3 Å². The summed E-state index contributed by atoms with van der Waals surface area (Å²) in [4.78, 5) is 19.3. The maximum atomic E-state index is 12.7. The van der Waals surface area contributed by atoms with Gasteiger partial charge < -0.3 is 9.47 Å². The molecule has 0 atom stereocenters. The number of unbranched alkanes of at least 4 members (excludes halogenated alkanes) is 1. The zero-order valence-electron chi connectivity index (χ0n) is 14.6. The number of para-hydroxylation sites is 2. The summed E-state index contributed by atoms with van der Waals surface area (Å²) >= 11 is 3.52. The molecule has 1 heterocycles. The van der Waals surface area contributed by atoms with Crippen molar-refractivity contribution in [3.8, 4) is 11.4 Å². The summed E-state index contributed by atoms with van der Waals surface area (Å²) in [6, 6.07) is 16.0. The molecule has 1 amide bonds. The number of hydrogen-bond acceptors (Lipinski definition) is 2. The standard InChI is InChI=1S/C20H22BrN3O/c1-3-4-12-23(2)19(25)14-24-18-11-6-5-10-17(18)22-20(24)15-8-7-9-16(21)13-15/h5-11,13H,3-4,12,14H2,1-2H3. The van der Waals surface area contributed by atoms with Crippen LogP contribution in [0.2, 0.25) is 0 Å². The van der Waals surface area contributed by atoms with E-state index in [9.17, 15) is 4.79 Å². The molecule has 0 fully saturated rings. The van der Waals surface area contributed by atoms with Gasteiger partial charge in [-0.05, 0) is 30.7 Å². The highest BCUT2D eigenvalue weighted by Gasteiger charge is 2.17. The SMILES string of the molecule is CCCCN(C)C(=O)Cn1c(-c2cccc(Br)c2)nc2ccccc21. The van der Waals surface area contributed by atoms with Gasteiger partial charge in [-0.15, -0.1) is 0 Å². The molecular formula is C20H22BrN3O. The number of benzene rings is 2. The van der Waals surface area contributed by atoms with Gasteiger partial charge in [-0.1, -0.05) is 53.5 Å². The van der Waals surface area contributed by atoms with Gasteiger partial charge in [0.15, 0.2) is 0 Å². The molecule has 0 unspecified atom stereocenters. The third-order valence-corrected chi connectivity index (χ3v) is 4.80. The van der Waals surface area contributed by atoms with Crippen LogP contribution in [0.25, 0.3) is 22.4 Å². The first-order chi connectivity index (χ1) is 12.1. The third-order valence-electron chi connectivity index (χ3n) is 4.30. The Morgan fingerprint density at radius 3 is 2.76 bits per heavy atom. The maximum absolute atomic E-state index is 12.7. The van der Waals surface area contributed by atoms with E-state index in [1.54, 1.807) is 0 Å². The Hall–Kier alpha value is -2.14. The third kappa shape index (κ3) is 3.93. The molecule has 25 heavy (non-hydrogen) atoms. The average molecular weight is 400 g/mol. The van der Waals surface area contributed by atoms with Crippen LogP contribution >= 0.6 is 15.9 Å². The van der Waals surface area contributed by atoms with Gasteiger partial charge in [0.05, 0.1) is 11.0 Å². The van der Waals surface area contributed by atoms with Gasteiger partial charge in [-0.2, -0.15) is 0 Å². The van der Waals surface area contributed by atoms with Gasteiger partial charge >= 0.3 is 0 Å². The maximum Gasteiger partial charge on any atom is 0.242 e. The van der Waals surface area contributed by atoms with Crippen LogP contribution in [-0.4, -0.2) is 34.0 Å². The minimum atomic E-state index is 0.104. The summed E-state index contributed by atoms with van der Waals surface area (Å²) in [5.74, 6) is 0.924. The average Bonchev–Trinajstić information content (AvgIpc) is 2.98. The smallest absolute Gasteiger partial charge is 0.242 e. The lowest BCUT2D eigenvalue weighted by Gasteiger charge is -2.18. The fraction of sp³-hybridized carbons (Fsp3) is 0.300. The number of halogens is 1. The number of imidazole rings is 1. The summed E-state index contributed by atoms with van der Waals surface area (Å²) in [6.45, 7) is 3.21. The van der Waals surface area contributed by atoms with Crippen molar-refractivity contribution in [3.63, 3.8) is 0 Å². The van der Waals surface area contributed by atoms with Crippen LogP contribution in [0.15, 0.2) is 53.0 Å². The van der Waals surface area contributed by atoms with Crippen LogP contribution in [0.4, 0.5) is 0 Å². The molecule has 0 aliphatic carbocycles. The van der Waals surface area contributed by atoms with Crippen molar-refractivity contribution in [2.24, 2.45) is 0 Å². The quantitative estimate of drug-likeness (QED) is 0.600. The van der Waals surface area contributed by atoms with Crippen LogP contribution in [0.1, 0.15) is 19.8 Å². The first-order valence-corrected chi connectivity index (χ1v) is 9.34. The minimum Gasteiger partial charge on any atom is -0.344 e. The first kappa shape index (κ1) is 17.7. The summed E-state index contributed by atoms with van der Waals surface area (Å²) in [7, 11) is 1.87. The number of carbonyl (C=O) groups excluding carboxylic acids is 1. The lowest BCUT2D eigenvalue weighted by atomic mass is 10.2. The monoisotopic (exact) mass is 399 g/mol. The number of amides is 1. The number of likely N-dealkylation sites (N-methyl/N-ethyl adjacent to an activating group) is 1. The Kier molecular flexibility index (Phi) is 5.53. The summed E-state index contributed by atoms with van der Waals surface area (Å²) in [5, 5.41) is 0. The number of fused-ring (bicyclic) bond motifs is 1. The Balaban J connectivity index is 2.00. The van der Waals surface area contributed by atoms with Crippen molar-refractivity contribution >= 4 is 32.9 Å². The van der Waals surface area contributed by atoms with E-state index in [2.05, 4.69) is 22.9 Å². The Bertz CT molecular complexity index is 888. The summed E-state index contributed by atoms with van der Waals surface area (Å²) < 4.78 is 3.01. The second kappa shape index (κ2) is 7.83. The van der Waals surface area contributed by atoms with Crippen LogP contribution in [0.3, 0.4) is 0 Å². The van der Waals surface area contributed by atoms with Crippen molar-refractivity contribution < 1.29 is 4.79 Å². The molecule has 5 heteroatoms. The number of aromatic nitrogens is 2. The summed E-state index contributed by atoms with van der Waals surface area (Å²) in [5.41, 5.74) is 2.88. The fourth-order valence-corrected chi connectivity index (χ4v) is 3.26. The van der Waals surface area contributed by atoms with Gasteiger partial charge in [0.25, 0.3) is 0 Å². The van der Waals surface area contributed by atoms with Crippen molar-refractivity contribution in [1.82, 2.24) is 14.5 Å². The molecule has 3 aromatic rings. The van der Waals surface area contributed by atoms with Crippen molar-refractivity contribution in [2.75, 3.05) is 13.6 Å². The van der Waals surface area contributed by atoms with Crippen LogP contribution in [0, 0.1) is 0 Å². The topological polar surface area (TPSA) is 38.1 Å². The second-order valence-corrected chi connectivity index (χ2v) is 7.11. The van der Waals surface area contributed by atoms with Gasteiger partial charge in [-0.25, -0.2) is 4.98 Å². The van der Waals surface area contributed by atoms with E-state index in [-0.39, 0.29) is 5.91 Å². The predicted octanol–water partition coefficient (Wildman–Crippen LogP) is 4.72. The van der Waals surface area contributed by atoms with Gasteiger partial charge in [0.1, 0.15) is 12.4 Å². The molecule has 0 N–H and O–H groups in total. The van der Waals surface area contributed by atoms with E-state index >= 15 is 0 Å². The molecule has 4 nitrogen and oxygen atoms in total. The van der Waals surface area contributed by atoms with Gasteiger partial charge in [-0.3, -0.25) is 4.79 Å². The number of carbonyl (C=O) groups is 1. The molecule has 130 valence electrons. The van der Waals surface area contributed by atoms with Crippen molar-refractivity contribution in [3.05, 3.63) is 53.0 Å². The predicted molar refractivity (Wildman–Crippen MR) is 105 cm³/mol. The highest BCUT2D eigenvalue weighted by Crippen LogP contribution is 2.27. The molecule has 3 rings (SSSR count). The Labute approximate surface area is 156 Å². The van der Waals surface area contributed by atoms with E-state index < -0.39 is 0 Å². The van der Waals surface area contributed by atoms with Crippen molar-refractivity contribution in [1.29, 1.82) is 0 Å². The van der Waals surface area contributed by atoms with Gasteiger partial charge in [0.2, 0.25) is 5.91 Å². The normalized spacial score (nSPS) is 11.0.